The molecule has 2 aromatic heterocycles. The lowest BCUT2D eigenvalue weighted by Gasteiger charge is -2.35. The molecule has 9 heteroatoms. The van der Waals surface area contributed by atoms with Crippen molar-refractivity contribution in [3.05, 3.63) is 60.4 Å². The standard InChI is InChI=1S/C20H23FN6O.ClH/c21-18-4-2-1-3-17(18)19-20(23-6-5-22-19)26-9-7-25(8-10-26)14-16-13-24-27(15-16)11-12-28;/h1-6,13,15,28H,7-12,14H2;1H. The molecule has 1 N–H and O–H groups in total. The van der Waals surface area contributed by atoms with E-state index in [9.17, 15) is 4.39 Å². The van der Waals surface area contributed by atoms with Crippen LogP contribution in [0.4, 0.5) is 10.2 Å². The molecule has 3 heterocycles. The molecule has 29 heavy (non-hydrogen) atoms. The molecular weight excluding hydrogens is 395 g/mol. The molecule has 0 atom stereocenters. The van der Waals surface area contributed by atoms with Gasteiger partial charge in [-0.05, 0) is 12.1 Å². The molecule has 0 aliphatic carbocycles. The smallest absolute Gasteiger partial charge is 0.155 e. The summed E-state index contributed by atoms with van der Waals surface area (Å²) in [6.45, 7) is 4.76. The highest BCUT2D eigenvalue weighted by Gasteiger charge is 2.22. The number of halogens is 2. The zero-order valence-corrected chi connectivity index (χ0v) is 16.8. The van der Waals surface area contributed by atoms with E-state index in [0.29, 0.717) is 17.8 Å². The molecule has 0 unspecified atom stereocenters. The number of hydrogen-bond acceptors (Lipinski definition) is 6. The van der Waals surface area contributed by atoms with Crippen LogP contribution in [-0.4, -0.2) is 62.5 Å². The summed E-state index contributed by atoms with van der Waals surface area (Å²) >= 11 is 0. The van der Waals surface area contributed by atoms with Crippen molar-refractivity contribution in [3.8, 4) is 11.3 Å². The van der Waals surface area contributed by atoms with Gasteiger partial charge >= 0.3 is 0 Å². The highest BCUT2D eigenvalue weighted by molar-refractivity contribution is 5.85. The minimum absolute atomic E-state index is 0. The van der Waals surface area contributed by atoms with E-state index in [1.54, 1.807) is 29.2 Å². The second kappa shape index (κ2) is 9.78. The van der Waals surface area contributed by atoms with Gasteiger partial charge in [-0.3, -0.25) is 14.6 Å². The van der Waals surface area contributed by atoms with Crippen molar-refractivity contribution in [1.82, 2.24) is 24.6 Å². The third kappa shape index (κ3) is 4.90. The third-order valence-corrected chi connectivity index (χ3v) is 4.90. The maximum absolute atomic E-state index is 14.3. The Morgan fingerprint density at radius 2 is 1.79 bits per heavy atom. The molecule has 4 rings (SSSR count). The molecule has 3 aromatic rings. The Bertz CT molecular complexity index is 929. The minimum atomic E-state index is -0.289. The van der Waals surface area contributed by atoms with Gasteiger partial charge < -0.3 is 10.0 Å². The van der Waals surface area contributed by atoms with E-state index in [1.165, 1.54) is 6.07 Å². The van der Waals surface area contributed by atoms with Crippen LogP contribution in [-0.2, 0) is 13.1 Å². The van der Waals surface area contributed by atoms with Gasteiger partial charge in [0.2, 0.25) is 0 Å². The van der Waals surface area contributed by atoms with Crippen LogP contribution in [0.5, 0.6) is 0 Å². The molecule has 0 bridgehead atoms. The zero-order valence-electron chi connectivity index (χ0n) is 16.0. The van der Waals surface area contributed by atoms with Gasteiger partial charge in [-0.1, -0.05) is 12.1 Å². The first kappa shape index (κ1) is 21.2. The molecule has 0 saturated carbocycles. The van der Waals surface area contributed by atoms with Crippen LogP contribution in [0, 0.1) is 5.82 Å². The van der Waals surface area contributed by atoms with Crippen LogP contribution in [0.15, 0.2) is 49.1 Å². The normalized spacial score (nSPS) is 14.6. The van der Waals surface area contributed by atoms with Crippen molar-refractivity contribution < 1.29 is 9.50 Å². The molecule has 1 aliphatic heterocycles. The molecule has 7 nitrogen and oxygen atoms in total. The van der Waals surface area contributed by atoms with Crippen LogP contribution < -0.4 is 4.90 Å². The largest absolute Gasteiger partial charge is 0.394 e. The zero-order chi connectivity index (χ0) is 19.3. The Kier molecular flexibility index (Phi) is 7.13. The average molecular weight is 419 g/mol. The van der Waals surface area contributed by atoms with E-state index in [0.717, 1.165) is 44.1 Å². The van der Waals surface area contributed by atoms with Gasteiger partial charge in [-0.2, -0.15) is 5.10 Å². The summed E-state index contributed by atoms with van der Waals surface area (Å²) in [5.41, 5.74) is 2.19. The van der Waals surface area contributed by atoms with E-state index >= 15 is 0 Å². The highest BCUT2D eigenvalue weighted by atomic mass is 35.5. The molecule has 0 amide bonds. The number of benzene rings is 1. The first-order valence-electron chi connectivity index (χ1n) is 9.40. The van der Waals surface area contributed by atoms with Gasteiger partial charge in [0.1, 0.15) is 11.5 Å². The summed E-state index contributed by atoms with van der Waals surface area (Å²) in [4.78, 5) is 13.4. The number of piperazine rings is 1. The fourth-order valence-electron chi connectivity index (χ4n) is 3.49. The fraction of sp³-hybridized carbons (Fsp3) is 0.350. The first-order valence-corrected chi connectivity index (χ1v) is 9.40. The van der Waals surface area contributed by atoms with Gasteiger partial charge in [0, 0.05) is 62.4 Å². The summed E-state index contributed by atoms with van der Waals surface area (Å²) in [5, 5.41) is 13.3. The van der Waals surface area contributed by atoms with Crippen LogP contribution in [0.3, 0.4) is 0 Å². The third-order valence-electron chi connectivity index (χ3n) is 4.90. The molecule has 0 radical (unpaired) electrons. The number of rotatable bonds is 6. The average Bonchev–Trinajstić information content (AvgIpc) is 3.16. The van der Waals surface area contributed by atoms with Crippen molar-refractivity contribution in [2.75, 3.05) is 37.7 Å². The fourth-order valence-corrected chi connectivity index (χ4v) is 3.49. The Morgan fingerprint density at radius 3 is 2.55 bits per heavy atom. The lowest BCUT2D eigenvalue weighted by atomic mass is 10.1. The number of aromatic nitrogens is 4. The summed E-state index contributed by atoms with van der Waals surface area (Å²) in [6.07, 6.45) is 7.08. The van der Waals surface area contributed by atoms with Crippen LogP contribution in [0.2, 0.25) is 0 Å². The van der Waals surface area contributed by atoms with Gasteiger partial charge in [-0.15, -0.1) is 12.4 Å². The topological polar surface area (TPSA) is 70.3 Å². The maximum atomic E-state index is 14.3. The molecule has 154 valence electrons. The lowest BCUT2D eigenvalue weighted by molar-refractivity contribution is 0.249. The van der Waals surface area contributed by atoms with Crippen molar-refractivity contribution in [3.63, 3.8) is 0 Å². The van der Waals surface area contributed by atoms with E-state index in [2.05, 4.69) is 24.9 Å². The van der Waals surface area contributed by atoms with E-state index in [4.69, 9.17) is 5.11 Å². The van der Waals surface area contributed by atoms with Crippen molar-refractivity contribution in [1.29, 1.82) is 0 Å². The SMILES string of the molecule is Cl.OCCn1cc(CN2CCN(c3nccnc3-c3ccccc3F)CC2)cn1. The highest BCUT2D eigenvalue weighted by Crippen LogP contribution is 2.29. The Balaban J connectivity index is 0.00000240. The van der Waals surface area contributed by atoms with Gasteiger partial charge in [0.25, 0.3) is 0 Å². The number of aliphatic hydroxyl groups excluding tert-OH is 1. The Labute approximate surface area is 175 Å². The van der Waals surface area contributed by atoms with Gasteiger partial charge in [0.05, 0.1) is 19.3 Å². The van der Waals surface area contributed by atoms with Crippen LogP contribution in [0.25, 0.3) is 11.3 Å². The monoisotopic (exact) mass is 418 g/mol. The van der Waals surface area contributed by atoms with Crippen molar-refractivity contribution >= 4 is 18.2 Å². The molecule has 1 aliphatic rings. The number of aliphatic hydroxyl groups is 1. The summed E-state index contributed by atoms with van der Waals surface area (Å²) in [7, 11) is 0. The predicted molar refractivity (Wildman–Crippen MR) is 111 cm³/mol. The van der Waals surface area contributed by atoms with E-state index in [1.807, 2.05) is 18.5 Å². The summed E-state index contributed by atoms with van der Waals surface area (Å²) < 4.78 is 16.0. The second-order valence-electron chi connectivity index (χ2n) is 6.81. The van der Waals surface area contributed by atoms with Crippen molar-refractivity contribution in [2.45, 2.75) is 13.1 Å². The van der Waals surface area contributed by atoms with Gasteiger partial charge in [0.15, 0.2) is 5.82 Å². The number of anilines is 1. The minimum Gasteiger partial charge on any atom is -0.394 e. The number of hydrogen-bond donors (Lipinski definition) is 1. The molecule has 0 spiro atoms. The Hall–Kier alpha value is -2.55. The van der Waals surface area contributed by atoms with Crippen LogP contribution >= 0.6 is 12.4 Å². The first-order chi connectivity index (χ1) is 13.7. The molecule has 1 saturated heterocycles. The second-order valence-corrected chi connectivity index (χ2v) is 6.81. The van der Waals surface area contributed by atoms with E-state index < -0.39 is 0 Å². The van der Waals surface area contributed by atoms with Crippen molar-refractivity contribution in [2.24, 2.45) is 0 Å². The molecule has 1 fully saturated rings. The lowest BCUT2D eigenvalue weighted by Crippen LogP contribution is -2.46. The summed E-state index contributed by atoms with van der Waals surface area (Å²) in [5.74, 6) is 0.436. The molecule has 1 aromatic carbocycles. The summed E-state index contributed by atoms with van der Waals surface area (Å²) in [6, 6.07) is 6.67. The van der Waals surface area contributed by atoms with E-state index in [-0.39, 0.29) is 24.8 Å². The van der Waals surface area contributed by atoms with Crippen LogP contribution in [0.1, 0.15) is 5.56 Å². The Morgan fingerprint density at radius 1 is 1.03 bits per heavy atom. The predicted octanol–water partition coefficient (Wildman–Crippen LogP) is 2.22. The maximum Gasteiger partial charge on any atom is 0.155 e. The quantitative estimate of drug-likeness (QED) is 0.662. The number of nitrogens with zero attached hydrogens (tertiary/aromatic N) is 6. The van der Waals surface area contributed by atoms with Gasteiger partial charge in [-0.25, -0.2) is 9.37 Å². The molecular formula is C20H24ClFN6O.